The first-order chi connectivity index (χ1) is 16.6. The van der Waals surface area contributed by atoms with Crippen LogP contribution in [0.2, 0.25) is 0 Å². The molecule has 0 aromatic heterocycles. The highest BCUT2D eigenvalue weighted by Crippen LogP contribution is 2.15. The van der Waals surface area contributed by atoms with Gasteiger partial charge in [-0.15, -0.1) is 0 Å². The second kappa shape index (κ2) is 26.0. The van der Waals surface area contributed by atoms with Crippen LogP contribution < -0.4 is 0 Å². The zero-order valence-corrected chi connectivity index (χ0v) is 22.4. The predicted molar refractivity (Wildman–Crippen MR) is 144 cm³/mol. The van der Waals surface area contributed by atoms with Gasteiger partial charge in [0.25, 0.3) is 0 Å². The molecule has 0 aliphatic heterocycles. The summed E-state index contributed by atoms with van der Waals surface area (Å²) in [6, 6.07) is 0. The number of carboxylic acid groups (broad SMARTS) is 1. The molecule has 0 fully saturated rings. The lowest BCUT2D eigenvalue weighted by atomic mass is 10.1. The molecule has 4 heteroatoms. The van der Waals surface area contributed by atoms with E-state index in [1.165, 1.54) is 51.4 Å². The fourth-order valence-electron chi connectivity index (χ4n) is 4.01. The Morgan fingerprint density at radius 3 is 1.88 bits per heavy atom. The monoisotopic (exact) mass is 478 g/mol. The van der Waals surface area contributed by atoms with Gasteiger partial charge in [-0.1, -0.05) is 109 Å². The van der Waals surface area contributed by atoms with Crippen LogP contribution >= 0.6 is 0 Å². The van der Waals surface area contributed by atoms with Crippen LogP contribution in [0.4, 0.5) is 0 Å². The standard InChI is InChI=1S/C30H54O4/c1-3-5-7-9-11-13-16-20-24-28(25-21-17-14-15-18-22-26-29(31)32)34-30(33)27-23-19-12-10-8-6-4-2/h11,13,20,24,28H,3-10,12,14-19,21-23,25-27H2,1-2H3,(H,31,32)/b13-11-,24-20-. The molecule has 0 saturated carbocycles. The number of carbonyl (C=O) groups excluding carboxylic acids is 1. The molecule has 4 nitrogen and oxygen atoms in total. The lowest BCUT2D eigenvalue weighted by molar-refractivity contribution is -0.147. The molecule has 0 aliphatic carbocycles. The molecule has 0 saturated heterocycles. The van der Waals surface area contributed by atoms with E-state index < -0.39 is 5.97 Å². The summed E-state index contributed by atoms with van der Waals surface area (Å²) in [5.41, 5.74) is 0. The summed E-state index contributed by atoms with van der Waals surface area (Å²) < 4.78 is 5.81. The van der Waals surface area contributed by atoms with Crippen molar-refractivity contribution in [2.24, 2.45) is 0 Å². The van der Waals surface area contributed by atoms with Gasteiger partial charge in [0.2, 0.25) is 0 Å². The predicted octanol–water partition coefficient (Wildman–Crippen LogP) is 9.33. The van der Waals surface area contributed by atoms with Crippen molar-refractivity contribution >= 4 is 11.9 Å². The lowest BCUT2D eigenvalue weighted by Gasteiger charge is -2.14. The Hall–Kier alpha value is -1.58. The number of carboxylic acids is 1. The average molecular weight is 479 g/mol. The van der Waals surface area contributed by atoms with E-state index in [-0.39, 0.29) is 18.5 Å². The molecule has 1 atom stereocenters. The molecule has 1 N–H and O–H groups in total. The number of allylic oxidation sites excluding steroid dienone is 3. The number of unbranched alkanes of at least 4 members (excludes halogenated alkanes) is 14. The molecular formula is C30H54O4. The smallest absolute Gasteiger partial charge is 0.306 e. The van der Waals surface area contributed by atoms with Crippen molar-refractivity contribution in [2.45, 2.75) is 155 Å². The Kier molecular flexibility index (Phi) is 24.8. The first-order valence-corrected chi connectivity index (χ1v) is 14.3. The van der Waals surface area contributed by atoms with Crippen molar-refractivity contribution in [1.29, 1.82) is 0 Å². The van der Waals surface area contributed by atoms with Crippen LogP contribution in [-0.4, -0.2) is 23.1 Å². The Balaban J connectivity index is 4.23. The number of ether oxygens (including phenoxy) is 1. The molecule has 34 heavy (non-hydrogen) atoms. The van der Waals surface area contributed by atoms with Gasteiger partial charge < -0.3 is 9.84 Å². The Morgan fingerprint density at radius 1 is 0.676 bits per heavy atom. The fourth-order valence-corrected chi connectivity index (χ4v) is 4.01. The van der Waals surface area contributed by atoms with Gasteiger partial charge in [0.1, 0.15) is 6.10 Å². The molecule has 0 spiro atoms. The van der Waals surface area contributed by atoms with E-state index in [0.29, 0.717) is 6.42 Å². The Labute approximate surface area is 210 Å². The van der Waals surface area contributed by atoms with E-state index in [2.05, 4.69) is 38.2 Å². The number of carbonyl (C=O) groups is 2. The van der Waals surface area contributed by atoms with Gasteiger partial charge in [0.15, 0.2) is 0 Å². The van der Waals surface area contributed by atoms with Gasteiger partial charge >= 0.3 is 11.9 Å². The molecule has 0 radical (unpaired) electrons. The first-order valence-electron chi connectivity index (χ1n) is 14.3. The first kappa shape index (κ1) is 32.4. The SMILES string of the molecule is CCCCC/C=C\C/C=C\C(CCCCCCCCC(=O)O)OC(=O)CCCCCCCCC. The highest BCUT2D eigenvalue weighted by atomic mass is 16.5. The summed E-state index contributed by atoms with van der Waals surface area (Å²) in [7, 11) is 0. The number of aliphatic carboxylic acids is 1. The number of rotatable bonds is 25. The minimum absolute atomic E-state index is 0.0630. The highest BCUT2D eigenvalue weighted by molar-refractivity contribution is 5.69. The minimum Gasteiger partial charge on any atom is -0.481 e. The molecule has 0 aromatic carbocycles. The molecule has 0 bridgehead atoms. The zero-order valence-electron chi connectivity index (χ0n) is 22.4. The summed E-state index contributed by atoms with van der Waals surface area (Å²) in [6.45, 7) is 4.45. The summed E-state index contributed by atoms with van der Waals surface area (Å²) >= 11 is 0. The van der Waals surface area contributed by atoms with Crippen LogP contribution in [0.3, 0.4) is 0 Å². The van der Waals surface area contributed by atoms with E-state index in [9.17, 15) is 9.59 Å². The maximum absolute atomic E-state index is 12.4. The summed E-state index contributed by atoms with van der Waals surface area (Å²) in [5.74, 6) is -0.768. The third-order valence-corrected chi connectivity index (χ3v) is 6.16. The van der Waals surface area contributed by atoms with Gasteiger partial charge in [-0.25, -0.2) is 0 Å². The minimum atomic E-state index is -0.705. The second-order valence-corrected chi connectivity index (χ2v) is 9.58. The molecule has 0 amide bonds. The molecule has 0 aliphatic rings. The summed E-state index contributed by atoms with van der Waals surface area (Å²) in [4.78, 5) is 22.9. The molecule has 198 valence electrons. The van der Waals surface area contributed by atoms with Gasteiger partial charge in [0, 0.05) is 12.8 Å². The second-order valence-electron chi connectivity index (χ2n) is 9.58. The van der Waals surface area contributed by atoms with E-state index in [4.69, 9.17) is 9.84 Å². The van der Waals surface area contributed by atoms with Crippen molar-refractivity contribution in [3.63, 3.8) is 0 Å². The molecule has 0 heterocycles. The summed E-state index contributed by atoms with van der Waals surface area (Å²) in [5, 5.41) is 8.70. The van der Waals surface area contributed by atoms with Crippen LogP contribution in [0.15, 0.2) is 24.3 Å². The van der Waals surface area contributed by atoms with Crippen LogP contribution in [0.5, 0.6) is 0 Å². The van der Waals surface area contributed by atoms with Crippen LogP contribution in [0, 0.1) is 0 Å². The van der Waals surface area contributed by atoms with Crippen molar-refractivity contribution in [3.05, 3.63) is 24.3 Å². The molecule has 1 unspecified atom stereocenters. The van der Waals surface area contributed by atoms with Crippen molar-refractivity contribution in [3.8, 4) is 0 Å². The molecule has 0 rings (SSSR count). The van der Waals surface area contributed by atoms with E-state index in [1.54, 1.807) is 0 Å². The maximum Gasteiger partial charge on any atom is 0.306 e. The van der Waals surface area contributed by atoms with Gasteiger partial charge in [0.05, 0.1) is 0 Å². The number of hydrogen-bond donors (Lipinski definition) is 1. The van der Waals surface area contributed by atoms with Gasteiger partial charge in [-0.2, -0.15) is 0 Å². The van der Waals surface area contributed by atoms with Gasteiger partial charge in [-0.05, 0) is 51.0 Å². The molecular weight excluding hydrogens is 424 g/mol. The third kappa shape index (κ3) is 25.1. The van der Waals surface area contributed by atoms with E-state index in [0.717, 1.165) is 70.6 Å². The van der Waals surface area contributed by atoms with Crippen molar-refractivity contribution in [2.75, 3.05) is 0 Å². The number of esters is 1. The van der Waals surface area contributed by atoms with Crippen molar-refractivity contribution in [1.82, 2.24) is 0 Å². The summed E-state index contributed by atoms with van der Waals surface area (Å²) in [6.07, 6.45) is 30.5. The topological polar surface area (TPSA) is 63.6 Å². The van der Waals surface area contributed by atoms with E-state index >= 15 is 0 Å². The Morgan fingerprint density at radius 2 is 1.24 bits per heavy atom. The zero-order chi connectivity index (χ0) is 25.1. The quantitative estimate of drug-likeness (QED) is 0.0806. The van der Waals surface area contributed by atoms with Crippen LogP contribution in [-0.2, 0) is 14.3 Å². The van der Waals surface area contributed by atoms with E-state index in [1.807, 2.05) is 0 Å². The normalized spacial score (nSPS) is 12.5. The van der Waals surface area contributed by atoms with Crippen LogP contribution in [0.25, 0.3) is 0 Å². The Bertz CT molecular complexity index is 524. The van der Waals surface area contributed by atoms with Gasteiger partial charge in [-0.3, -0.25) is 9.59 Å². The average Bonchev–Trinajstić information content (AvgIpc) is 2.81. The molecule has 0 aromatic rings. The number of hydrogen-bond acceptors (Lipinski definition) is 3. The largest absolute Gasteiger partial charge is 0.481 e. The fraction of sp³-hybridized carbons (Fsp3) is 0.800. The third-order valence-electron chi connectivity index (χ3n) is 6.16. The van der Waals surface area contributed by atoms with Crippen LogP contribution in [0.1, 0.15) is 149 Å². The van der Waals surface area contributed by atoms with Crippen molar-refractivity contribution < 1.29 is 19.4 Å². The maximum atomic E-state index is 12.4. The highest BCUT2D eigenvalue weighted by Gasteiger charge is 2.11. The lowest BCUT2D eigenvalue weighted by Crippen LogP contribution is -2.16.